The lowest BCUT2D eigenvalue weighted by Gasteiger charge is -2.31. The topological polar surface area (TPSA) is 55.3 Å². The SMILES string of the molecule is C[C@@H](c1cnccn1)N1C[C@@H]2CCC[C@@]2(C(=O)OC(C)(C)C)C1. The molecule has 0 unspecified atom stereocenters. The largest absolute Gasteiger partial charge is 0.459 e. The fourth-order valence-corrected chi connectivity index (χ4v) is 4.05. The van der Waals surface area contributed by atoms with Gasteiger partial charge in [0.25, 0.3) is 0 Å². The Morgan fingerprint density at radius 1 is 1.43 bits per heavy atom. The van der Waals surface area contributed by atoms with Crippen molar-refractivity contribution >= 4 is 5.97 Å². The third-order valence-corrected chi connectivity index (χ3v) is 5.26. The van der Waals surface area contributed by atoms with E-state index in [2.05, 4.69) is 21.8 Å². The molecule has 0 amide bonds. The summed E-state index contributed by atoms with van der Waals surface area (Å²) in [5.74, 6) is 0.387. The van der Waals surface area contributed by atoms with Gasteiger partial charge in [-0.2, -0.15) is 0 Å². The van der Waals surface area contributed by atoms with Crippen molar-refractivity contribution in [1.29, 1.82) is 0 Å². The van der Waals surface area contributed by atoms with Gasteiger partial charge < -0.3 is 4.74 Å². The highest BCUT2D eigenvalue weighted by molar-refractivity contribution is 5.79. The highest BCUT2D eigenvalue weighted by Gasteiger charge is 2.56. The lowest BCUT2D eigenvalue weighted by Crippen LogP contribution is -2.41. The summed E-state index contributed by atoms with van der Waals surface area (Å²) in [6, 6.07) is 0.175. The van der Waals surface area contributed by atoms with E-state index in [-0.39, 0.29) is 17.4 Å². The second kappa shape index (κ2) is 5.86. The van der Waals surface area contributed by atoms with Crippen molar-refractivity contribution in [3.05, 3.63) is 24.3 Å². The van der Waals surface area contributed by atoms with E-state index in [0.29, 0.717) is 5.92 Å². The number of nitrogens with zero attached hydrogens (tertiary/aromatic N) is 3. The van der Waals surface area contributed by atoms with E-state index in [4.69, 9.17) is 4.74 Å². The number of carbonyl (C=O) groups excluding carboxylic acids is 1. The zero-order chi connectivity index (χ0) is 16.7. The van der Waals surface area contributed by atoms with Gasteiger partial charge >= 0.3 is 5.97 Å². The Labute approximate surface area is 138 Å². The zero-order valence-corrected chi connectivity index (χ0v) is 14.6. The monoisotopic (exact) mass is 317 g/mol. The third-order valence-electron chi connectivity index (χ3n) is 5.26. The van der Waals surface area contributed by atoms with Crippen LogP contribution in [-0.2, 0) is 9.53 Å². The Bertz CT molecular complexity index is 569. The van der Waals surface area contributed by atoms with Crippen LogP contribution in [0.4, 0.5) is 0 Å². The van der Waals surface area contributed by atoms with Gasteiger partial charge in [-0.05, 0) is 46.5 Å². The number of carbonyl (C=O) groups is 1. The molecule has 2 fully saturated rings. The number of ether oxygens (including phenoxy) is 1. The van der Waals surface area contributed by atoms with E-state index in [0.717, 1.165) is 38.0 Å². The quantitative estimate of drug-likeness (QED) is 0.802. The molecule has 3 rings (SSSR count). The molecule has 5 heteroatoms. The summed E-state index contributed by atoms with van der Waals surface area (Å²) in [5.41, 5.74) is 0.207. The minimum Gasteiger partial charge on any atom is -0.459 e. The standard InChI is InChI=1S/C18H27N3O2/c1-13(15-10-19-8-9-20-15)21-11-14-6-5-7-18(14,12-21)16(22)23-17(2,3)4/h8-10,13-14H,5-7,11-12H2,1-4H3/t13-,14-,18+/m0/s1. The van der Waals surface area contributed by atoms with Gasteiger partial charge in [0.05, 0.1) is 17.2 Å². The van der Waals surface area contributed by atoms with E-state index >= 15 is 0 Å². The minimum atomic E-state index is -0.428. The van der Waals surface area contributed by atoms with E-state index in [1.54, 1.807) is 12.4 Å². The number of rotatable bonds is 3. The molecule has 5 nitrogen and oxygen atoms in total. The minimum absolute atomic E-state index is 0.0126. The highest BCUT2D eigenvalue weighted by Crippen LogP contribution is 2.51. The second-order valence-corrected chi connectivity index (χ2v) is 7.98. The highest BCUT2D eigenvalue weighted by atomic mass is 16.6. The van der Waals surface area contributed by atoms with Gasteiger partial charge in [-0.3, -0.25) is 19.7 Å². The number of hydrogen-bond acceptors (Lipinski definition) is 5. The summed E-state index contributed by atoms with van der Waals surface area (Å²) in [6.07, 6.45) is 8.42. The predicted molar refractivity (Wildman–Crippen MR) is 87.6 cm³/mol. The normalized spacial score (nSPS) is 29.3. The van der Waals surface area contributed by atoms with Crippen molar-refractivity contribution in [2.24, 2.45) is 11.3 Å². The fraction of sp³-hybridized carbons (Fsp3) is 0.722. The molecule has 1 aromatic heterocycles. The van der Waals surface area contributed by atoms with E-state index < -0.39 is 5.60 Å². The molecule has 1 saturated carbocycles. The Morgan fingerprint density at radius 3 is 2.87 bits per heavy atom. The maximum atomic E-state index is 12.9. The first-order valence-corrected chi connectivity index (χ1v) is 8.55. The van der Waals surface area contributed by atoms with Crippen molar-refractivity contribution in [2.75, 3.05) is 13.1 Å². The molecule has 2 aliphatic rings. The molecule has 1 aliphatic heterocycles. The molecule has 0 N–H and O–H groups in total. The molecule has 3 atom stereocenters. The number of hydrogen-bond donors (Lipinski definition) is 0. The van der Waals surface area contributed by atoms with Crippen molar-refractivity contribution in [3.63, 3.8) is 0 Å². The molecule has 1 aliphatic carbocycles. The van der Waals surface area contributed by atoms with Gasteiger partial charge in [-0.1, -0.05) is 6.42 Å². The van der Waals surface area contributed by atoms with Crippen LogP contribution >= 0.6 is 0 Å². The van der Waals surface area contributed by atoms with Gasteiger partial charge in [-0.15, -0.1) is 0 Å². The number of likely N-dealkylation sites (tertiary alicyclic amines) is 1. The van der Waals surface area contributed by atoms with Crippen LogP contribution in [0, 0.1) is 11.3 Å². The molecule has 2 heterocycles. The fourth-order valence-electron chi connectivity index (χ4n) is 4.05. The van der Waals surface area contributed by atoms with Crippen LogP contribution < -0.4 is 0 Å². The number of aromatic nitrogens is 2. The maximum Gasteiger partial charge on any atom is 0.314 e. The van der Waals surface area contributed by atoms with Gasteiger partial charge in [0, 0.05) is 31.7 Å². The van der Waals surface area contributed by atoms with E-state index in [1.165, 1.54) is 0 Å². The van der Waals surface area contributed by atoms with Crippen LogP contribution in [0.3, 0.4) is 0 Å². The number of fused-ring (bicyclic) bond motifs is 1. The molecule has 1 aromatic rings. The molecular weight excluding hydrogens is 290 g/mol. The van der Waals surface area contributed by atoms with Crippen LogP contribution in [0.2, 0.25) is 0 Å². The molecule has 23 heavy (non-hydrogen) atoms. The number of esters is 1. The average molecular weight is 317 g/mol. The van der Waals surface area contributed by atoms with Crippen LogP contribution in [0.1, 0.15) is 58.7 Å². The summed E-state index contributed by atoms with van der Waals surface area (Å²) >= 11 is 0. The van der Waals surface area contributed by atoms with E-state index in [9.17, 15) is 4.79 Å². The molecule has 1 saturated heterocycles. The molecule has 0 bridgehead atoms. The average Bonchev–Trinajstić information content (AvgIpc) is 3.03. The van der Waals surface area contributed by atoms with E-state index in [1.807, 2.05) is 27.0 Å². The first-order valence-electron chi connectivity index (χ1n) is 8.55. The smallest absolute Gasteiger partial charge is 0.314 e. The molecule has 126 valence electrons. The van der Waals surface area contributed by atoms with Gasteiger partial charge in [0.15, 0.2) is 0 Å². The lowest BCUT2D eigenvalue weighted by atomic mass is 9.80. The van der Waals surface area contributed by atoms with Crippen molar-refractivity contribution < 1.29 is 9.53 Å². The van der Waals surface area contributed by atoms with Crippen molar-refractivity contribution in [2.45, 2.75) is 58.6 Å². The third kappa shape index (κ3) is 3.11. The summed E-state index contributed by atoms with van der Waals surface area (Å²) in [6.45, 7) is 9.69. The first kappa shape index (κ1) is 16.4. The lowest BCUT2D eigenvalue weighted by molar-refractivity contribution is -0.168. The molecule has 0 spiro atoms. The summed E-state index contributed by atoms with van der Waals surface area (Å²) in [5, 5.41) is 0. The first-order chi connectivity index (χ1) is 10.8. The van der Waals surface area contributed by atoms with Crippen LogP contribution in [-0.4, -0.2) is 39.5 Å². The van der Waals surface area contributed by atoms with Crippen molar-refractivity contribution in [1.82, 2.24) is 14.9 Å². The molecule has 0 aromatic carbocycles. The van der Waals surface area contributed by atoms with Crippen LogP contribution in [0.5, 0.6) is 0 Å². The van der Waals surface area contributed by atoms with Gasteiger partial charge in [-0.25, -0.2) is 0 Å². The Balaban J connectivity index is 1.78. The predicted octanol–water partition coefficient (Wildman–Crippen LogP) is 2.98. The molecular formula is C18H27N3O2. The Kier molecular flexibility index (Phi) is 4.17. The summed E-state index contributed by atoms with van der Waals surface area (Å²) in [7, 11) is 0. The van der Waals surface area contributed by atoms with Crippen LogP contribution in [0.25, 0.3) is 0 Å². The maximum absolute atomic E-state index is 12.9. The van der Waals surface area contributed by atoms with Crippen LogP contribution in [0.15, 0.2) is 18.6 Å². The van der Waals surface area contributed by atoms with Gasteiger partial charge in [0.1, 0.15) is 5.60 Å². The van der Waals surface area contributed by atoms with Crippen molar-refractivity contribution in [3.8, 4) is 0 Å². The molecule has 0 radical (unpaired) electrons. The Hall–Kier alpha value is -1.49. The van der Waals surface area contributed by atoms with Gasteiger partial charge in [0.2, 0.25) is 0 Å². The Morgan fingerprint density at radius 2 is 2.22 bits per heavy atom. The summed E-state index contributed by atoms with van der Waals surface area (Å²) in [4.78, 5) is 23.9. The summed E-state index contributed by atoms with van der Waals surface area (Å²) < 4.78 is 5.77. The second-order valence-electron chi connectivity index (χ2n) is 7.98. The zero-order valence-electron chi connectivity index (χ0n) is 14.6.